The second kappa shape index (κ2) is 6.48. The SMILES string of the molecule is COc1ccc(C2=CCN(C(=O)C(C)(O)C3CC3)CC2)cc1OC. The van der Waals surface area contributed by atoms with E-state index in [1.165, 1.54) is 5.57 Å². The molecule has 3 rings (SSSR count). The number of carbonyl (C=O) groups is 1. The van der Waals surface area contributed by atoms with Gasteiger partial charge in [-0.25, -0.2) is 0 Å². The van der Waals surface area contributed by atoms with E-state index < -0.39 is 5.60 Å². The molecular weight excluding hydrogens is 306 g/mol. The summed E-state index contributed by atoms with van der Waals surface area (Å²) in [5.74, 6) is 1.38. The molecule has 1 atom stereocenters. The molecule has 1 fully saturated rings. The lowest BCUT2D eigenvalue weighted by atomic mass is 9.95. The van der Waals surface area contributed by atoms with Crippen LogP contribution in [0.2, 0.25) is 0 Å². The molecule has 1 unspecified atom stereocenters. The first-order chi connectivity index (χ1) is 11.5. The minimum absolute atomic E-state index is 0.126. The van der Waals surface area contributed by atoms with Gasteiger partial charge >= 0.3 is 0 Å². The minimum atomic E-state index is -1.21. The van der Waals surface area contributed by atoms with E-state index in [1.54, 1.807) is 26.0 Å². The molecule has 24 heavy (non-hydrogen) atoms. The van der Waals surface area contributed by atoms with Crippen LogP contribution in [0.3, 0.4) is 0 Å². The summed E-state index contributed by atoms with van der Waals surface area (Å²) < 4.78 is 10.6. The highest BCUT2D eigenvalue weighted by Crippen LogP contribution is 2.41. The van der Waals surface area contributed by atoms with Crippen molar-refractivity contribution in [1.82, 2.24) is 4.90 Å². The molecule has 1 amide bonds. The lowest BCUT2D eigenvalue weighted by Gasteiger charge is -2.33. The fraction of sp³-hybridized carbons (Fsp3) is 0.526. The molecule has 1 aliphatic carbocycles. The summed E-state index contributed by atoms with van der Waals surface area (Å²) >= 11 is 0. The maximum absolute atomic E-state index is 12.5. The van der Waals surface area contributed by atoms with Gasteiger partial charge in [-0.1, -0.05) is 12.1 Å². The molecule has 0 aromatic heterocycles. The van der Waals surface area contributed by atoms with Crippen LogP contribution in [0, 0.1) is 5.92 Å². The zero-order valence-corrected chi connectivity index (χ0v) is 14.5. The molecule has 0 bridgehead atoms. The van der Waals surface area contributed by atoms with Crippen molar-refractivity contribution in [3.05, 3.63) is 29.8 Å². The van der Waals surface area contributed by atoms with Gasteiger partial charge in [0.05, 0.1) is 14.2 Å². The van der Waals surface area contributed by atoms with Crippen molar-refractivity contribution in [2.24, 2.45) is 5.92 Å². The highest BCUT2D eigenvalue weighted by atomic mass is 16.5. The number of carbonyl (C=O) groups excluding carboxylic acids is 1. The van der Waals surface area contributed by atoms with Gasteiger partial charge < -0.3 is 19.5 Å². The van der Waals surface area contributed by atoms with Crippen LogP contribution >= 0.6 is 0 Å². The fourth-order valence-corrected chi connectivity index (χ4v) is 3.29. The van der Waals surface area contributed by atoms with Crippen molar-refractivity contribution in [2.75, 3.05) is 27.3 Å². The van der Waals surface area contributed by atoms with Gasteiger partial charge in [-0.05, 0) is 55.4 Å². The van der Waals surface area contributed by atoms with E-state index in [0.717, 1.165) is 24.8 Å². The first-order valence-corrected chi connectivity index (χ1v) is 8.40. The number of nitrogens with zero attached hydrogens (tertiary/aromatic N) is 1. The number of amides is 1. The van der Waals surface area contributed by atoms with Crippen LogP contribution in [-0.2, 0) is 4.79 Å². The van der Waals surface area contributed by atoms with Crippen molar-refractivity contribution in [1.29, 1.82) is 0 Å². The van der Waals surface area contributed by atoms with Crippen LogP contribution in [0.15, 0.2) is 24.3 Å². The summed E-state index contributed by atoms with van der Waals surface area (Å²) in [5, 5.41) is 10.4. The summed E-state index contributed by atoms with van der Waals surface area (Å²) in [7, 11) is 3.24. The van der Waals surface area contributed by atoms with Crippen LogP contribution in [-0.4, -0.2) is 48.8 Å². The monoisotopic (exact) mass is 331 g/mol. The van der Waals surface area contributed by atoms with Gasteiger partial charge in [0.2, 0.25) is 0 Å². The normalized spacial score (nSPS) is 20.2. The average Bonchev–Trinajstić information content (AvgIpc) is 3.46. The molecule has 1 aliphatic heterocycles. The Kier molecular flexibility index (Phi) is 4.54. The van der Waals surface area contributed by atoms with Crippen molar-refractivity contribution in [3.63, 3.8) is 0 Å². The second-order valence-corrected chi connectivity index (χ2v) is 6.72. The smallest absolute Gasteiger partial charge is 0.254 e. The van der Waals surface area contributed by atoms with Crippen molar-refractivity contribution < 1.29 is 19.4 Å². The van der Waals surface area contributed by atoms with Crippen molar-refractivity contribution in [2.45, 2.75) is 31.8 Å². The predicted molar refractivity (Wildman–Crippen MR) is 92.1 cm³/mol. The van der Waals surface area contributed by atoms with Gasteiger partial charge in [0.15, 0.2) is 11.5 Å². The molecule has 5 heteroatoms. The highest BCUT2D eigenvalue weighted by molar-refractivity contribution is 5.86. The van der Waals surface area contributed by atoms with E-state index in [-0.39, 0.29) is 11.8 Å². The summed E-state index contributed by atoms with van der Waals surface area (Å²) in [6.45, 7) is 2.81. The molecule has 5 nitrogen and oxygen atoms in total. The standard InChI is InChI=1S/C19H25NO4/c1-19(22,15-5-6-15)18(21)20-10-8-13(9-11-20)14-4-7-16(23-2)17(12-14)24-3/h4,7-8,12,15,22H,5-6,9-11H2,1-3H3. The number of hydrogen-bond acceptors (Lipinski definition) is 4. The minimum Gasteiger partial charge on any atom is -0.493 e. The maximum Gasteiger partial charge on any atom is 0.254 e. The Labute approximate surface area is 142 Å². The molecule has 0 spiro atoms. The van der Waals surface area contributed by atoms with E-state index in [9.17, 15) is 9.90 Å². The quantitative estimate of drug-likeness (QED) is 0.900. The largest absolute Gasteiger partial charge is 0.493 e. The average molecular weight is 331 g/mol. The third-order valence-electron chi connectivity index (χ3n) is 5.06. The van der Waals surface area contributed by atoms with Gasteiger partial charge in [-0.2, -0.15) is 0 Å². The topological polar surface area (TPSA) is 59.0 Å². The van der Waals surface area contributed by atoms with Crippen LogP contribution in [0.1, 0.15) is 31.7 Å². The molecule has 130 valence electrons. The van der Waals surface area contributed by atoms with Gasteiger partial charge in [-0.15, -0.1) is 0 Å². The number of benzene rings is 1. The fourth-order valence-electron chi connectivity index (χ4n) is 3.29. The molecule has 0 radical (unpaired) electrons. The summed E-state index contributed by atoms with van der Waals surface area (Å²) in [5.41, 5.74) is 1.05. The summed E-state index contributed by atoms with van der Waals surface area (Å²) in [6.07, 6.45) is 4.71. The Bertz CT molecular complexity index is 661. The van der Waals surface area contributed by atoms with Crippen LogP contribution < -0.4 is 9.47 Å². The van der Waals surface area contributed by atoms with Gasteiger partial charge in [-0.3, -0.25) is 4.79 Å². The number of methoxy groups -OCH3 is 2. The highest BCUT2D eigenvalue weighted by Gasteiger charge is 2.47. The Hall–Kier alpha value is -2.01. The number of aliphatic hydroxyl groups is 1. The molecule has 1 aromatic carbocycles. The summed E-state index contributed by atoms with van der Waals surface area (Å²) in [4.78, 5) is 14.3. The lowest BCUT2D eigenvalue weighted by molar-refractivity contribution is -0.151. The molecule has 0 saturated heterocycles. The van der Waals surface area contributed by atoms with Crippen molar-refractivity contribution in [3.8, 4) is 11.5 Å². The van der Waals surface area contributed by atoms with E-state index >= 15 is 0 Å². The Morgan fingerprint density at radius 3 is 2.50 bits per heavy atom. The molecule has 1 heterocycles. The third kappa shape index (κ3) is 3.13. The first-order valence-electron chi connectivity index (χ1n) is 8.40. The van der Waals surface area contributed by atoms with Gasteiger partial charge in [0, 0.05) is 13.1 Å². The second-order valence-electron chi connectivity index (χ2n) is 6.72. The Balaban J connectivity index is 1.72. The summed E-state index contributed by atoms with van der Waals surface area (Å²) in [6, 6.07) is 5.86. The molecule has 1 N–H and O–H groups in total. The van der Waals surface area contributed by atoms with E-state index in [1.807, 2.05) is 18.2 Å². The zero-order valence-electron chi connectivity index (χ0n) is 14.5. The van der Waals surface area contributed by atoms with E-state index in [2.05, 4.69) is 6.08 Å². The van der Waals surface area contributed by atoms with Gasteiger partial charge in [0.1, 0.15) is 5.60 Å². The maximum atomic E-state index is 12.5. The van der Waals surface area contributed by atoms with Crippen LogP contribution in [0.25, 0.3) is 5.57 Å². The lowest BCUT2D eigenvalue weighted by Crippen LogP contribution is -2.49. The van der Waals surface area contributed by atoms with E-state index in [0.29, 0.717) is 24.6 Å². The Morgan fingerprint density at radius 2 is 1.96 bits per heavy atom. The Morgan fingerprint density at radius 1 is 1.25 bits per heavy atom. The number of ether oxygens (including phenoxy) is 2. The third-order valence-corrected chi connectivity index (χ3v) is 5.06. The van der Waals surface area contributed by atoms with Crippen LogP contribution in [0.5, 0.6) is 11.5 Å². The molecule has 1 aromatic rings. The predicted octanol–water partition coefficient (Wildman–Crippen LogP) is 2.48. The van der Waals surface area contributed by atoms with Crippen molar-refractivity contribution >= 4 is 11.5 Å². The molecule has 1 saturated carbocycles. The van der Waals surface area contributed by atoms with Gasteiger partial charge in [0.25, 0.3) is 5.91 Å². The number of hydrogen-bond donors (Lipinski definition) is 1. The molecule has 2 aliphatic rings. The van der Waals surface area contributed by atoms with E-state index in [4.69, 9.17) is 9.47 Å². The van der Waals surface area contributed by atoms with Crippen LogP contribution in [0.4, 0.5) is 0 Å². The number of rotatable bonds is 5. The zero-order chi connectivity index (χ0) is 17.3. The molecular formula is C19H25NO4. The first kappa shape index (κ1) is 16.8.